The molecular formula is C22H21ClFN3O4. The second-order valence-corrected chi connectivity index (χ2v) is 8.01. The van der Waals surface area contributed by atoms with Crippen molar-refractivity contribution < 1.29 is 23.5 Å². The number of nitrogens with zero attached hydrogens (tertiary/aromatic N) is 1. The molecule has 0 spiro atoms. The molecule has 3 aromatic rings. The van der Waals surface area contributed by atoms with Crippen LogP contribution in [0.25, 0.3) is 10.9 Å². The number of amides is 2. The molecule has 2 aromatic carbocycles. The standard InChI is InChI=1S/C22H21ClFN3O4/c1-22(2,3)31-21(29)27-16-8-6-13(24)11-17(16)26-19(28)12-30-18-9-7-15(23)14-5-4-10-25-20(14)18/h4-11H,12H2,1-3H3,(H,26,28)(H,27,29). The van der Waals surface area contributed by atoms with Crippen LogP contribution in [0, 0.1) is 5.82 Å². The Morgan fingerprint density at radius 2 is 1.87 bits per heavy atom. The number of fused-ring (bicyclic) bond motifs is 1. The Morgan fingerprint density at radius 1 is 1.10 bits per heavy atom. The summed E-state index contributed by atoms with van der Waals surface area (Å²) in [7, 11) is 0. The van der Waals surface area contributed by atoms with Gasteiger partial charge in [0.05, 0.1) is 16.4 Å². The second kappa shape index (κ2) is 9.18. The van der Waals surface area contributed by atoms with Crippen molar-refractivity contribution in [3.8, 4) is 5.75 Å². The molecule has 0 unspecified atom stereocenters. The zero-order valence-corrected chi connectivity index (χ0v) is 17.9. The second-order valence-electron chi connectivity index (χ2n) is 7.60. The maximum absolute atomic E-state index is 13.7. The van der Waals surface area contributed by atoms with E-state index in [0.717, 1.165) is 12.1 Å². The van der Waals surface area contributed by atoms with Gasteiger partial charge in [-0.25, -0.2) is 9.18 Å². The van der Waals surface area contributed by atoms with E-state index < -0.39 is 23.4 Å². The van der Waals surface area contributed by atoms with E-state index in [1.54, 1.807) is 51.2 Å². The molecule has 0 aliphatic heterocycles. The minimum Gasteiger partial charge on any atom is -0.481 e. The first-order valence-corrected chi connectivity index (χ1v) is 9.75. The first kappa shape index (κ1) is 22.3. The van der Waals surface area contributed by atoms with Gasteiger partial charge in [-0.15, -0.1) is 0 Å². The molecule has 0 fully saturated rings. The molecule has 0 radical (unpaired) electrons. The number of nitrogens with one attached hydrogen (secondary N) is 2. The van der Waals surface area contributed by atoms with Crippen molar-refractivity contribution in [2.45, 2.75) is 26.4 Å². The third kappa shape index (κ3) is 6.05. The van der Waals surface area contributed by atoms with Crippen LogP contribution in [0.15, 0.2) is 48.7 Å². The van der Waals surface area contributed by atoms with Crippen molar-refractivity contribution >= 4 is 45.9 Å². The van der Waals surface area contributed by atoms with Gasteiger partial charge >= 0.3 is 6.09 Å². The van der Waals surface area contributed by atoms with Crippen molar-refractivity contribution in [1.29, 1.82) is 0 Å². The zero-order chi connectivity index (χ0) is 22.6. The smallest absolute Gasteiger partial charge is 0.412 e. The molecule has 3 rings (SSSR count). The highest BCUT2D eigenvalue weighted by Gasteiger charge is 2.18. The lowest BCUT2D eigenvalue weighted by molar-refractivity contribution is -0.118. The number of hydrogen-bond donors (Lipinski definition) is 2. The summed E-state index contributed by atoms with van der Waals surface area (Å²) in [5, 5.41) is 6.23. The van der Waals surface area contributed by atoms with E-state index in [1.165, 1.54) is 6.07 Å². The van der Waals surface area contributed by atoms with Crippen LogP contribution >= 0.6 is 11.6 Å². The molecule has 2 N–H and O–H groups in total. The maximum atomic E-state index is 13.7. The molecule has 31 heavy (non-hydrogen) atoms. The molecule has 9 heteroatoms. The van der Waals surface area contributed by atoms with Gasteiger partial charge < -0.3 is 14.8 Å². The number of rotatable bonds is 5. The SMILES string of the molecule is CC(C)(C)OC(=O)Nc1ccc(F)cc1NC(=O)COc1ccc(Cl)c2cccnc12. The molecule has 1 aromatic heterocycles. The van der Waals surface area contributed by atoms with E-state index in [4.69, 9.17) is 21.1 Å². The first-order chi connectivity index (χ1) is 14.6. The first-order valence-electron chi connectivity index (χ1n) is 9.38. The minimum absolute atomic E-state index is 0.0681. The van der Waals surface area contributed by atoms with Gasteiger partial charge in [0.15, 0.2) is 6.61 Å². The van der Waals surface area contributed by atoms with Crippen molar-refractivity contribution in [1.82, 2.24) is 4.98 Å². The molecule has 0 saturated heterocycles. The van der Waals surface area contributed by atoms with Crippen LogP contribution in [-0.4, -0.2) is 29.2 Å². The molecule has 7 nitrogen and oxygen atoms in total. The molecule has 162 valence electrons. The molecular weight excluding hydrogens is 425 g/mol. The molecule has 2 amide bonds. The molecule has 0 atom stereocenters. The van der Waals surface area contributed by atoms with Crippen LogP contribution in [-0.2, 0) is 9.53 Å². The van der Waals surface area contributed by atoms with Crippen molar-refractivity contribution in [3.05, 3.63) is 59.5 Å². The maximum Gasteiger partial charge on any atom is 0.412 e. The zero-order valence-electron chi connectivity index (χ0n) is 17.2. The summed E-state index contributed by atoms with van der Waals surface area (Å²) in [6.07, 6.45) is 0.858. The van der Waals surface area contributed by atoms with E-state index in [-0.39, 0.29) is 18.0 Å². The van der Waals surface area contributed by atoms with E-state index in [2.05, 4.69) is 15.6 Å². The number of hydrogen-bond acceptors (Lipinski definition) is 5. The fourth-order valence-corrected chi connectivity index (χ4v) is 2.92. The third-order valence-electron chi connectivity index (χ3n) is 3.93. The van der Waals surface area contributed by atoms with Gasteiger partial charge in [0.25, 0.3) is 5.91 Å². The van der Waals surface area contributed by atoms with Crippen molar-refractivity contribution in [3.63, 3.8) is 0 Å². The average molecular weight is 446 g/mol. The van der Waals surface area contributed by atoms with Gasteiger partial charge in [-0.1, -0.05) is 11.6 Å². The van der Waals surface area contributed by atoms with Crippen LogP contribution in [0.2, 0.25) is 5.02 Å². The van der Waals surface area contributed by atoms with Gasteiger partial charge in [0.2, 0.25) is 0 Å². The number of carbonyl (C=O) groups excluding carboxylic acids is 2. The summed E-state index contributed by atoms with van der Waals surface area (Å²) in [5.74, 6) is -0.766. The minimum atomic E-state index is -0.732. The van der Waals surface area contributed by atoms with Crippen molar-refractivity contribution in [2.24, 2.45) is 0 Å². The fourth-order valence-electron chi connectivity index (χ4n) is 2.70. The number of ether oxygens (including phenoxy) is 2. The summed E-state index contributed by atoms with van der Waals surface area (Å²) >= 11 is 6.16. The number of halogens is 2. The summed E-state index contributed by atoms with van der Waals surface area (Å²) in [5.41, 5.74) is 0.0542. The number of carbonyl (C=O) groups is 2. The molecule has 0 aliphatic carbocycles. The quantitative estimate of drug-likeness (QED) is 0.549. The van der Waals surface area contributed by atoms with Crippen molar-refractivity contribution in [2.75, 3.05) is 17.2 Å². The van der Waals surface area contributed by atoms with Crippen LogP contribution in [0.3, 0.4) is 0 Å². The van der Waals surface area contributed by atoms with Crippen LogP contribution in [0.4, 0.5) is 20.6 Å². The molecule has 0 bridgehead atoms. The van der Waals surface area contributed by atoms with Crippen LogP contribution < -0.4 is 15.4 Å². The molecule has 0 saturated carbocycles. The monoisotopic (exact) mass is 445 g/mol. The molecule has 1 heterocycles. The summed E-state index contributed by atoms with van der Waals surface area (Å²) < 4.78 is 24.5. The van der Waals surface area contributed by atoms with E-state index >= 15 is 0 Å². The number of pyridine rings is 1. The third-order valence-corrected chi connectivity index (χ3v) is 4.26. The Morgan fingerprint density at radius 3 is 2.61 bits per heavy atom. The Hall–Kier alpha value is -3.39. The highest BCUT2D eigenvalue weighted by Crippen LogP contribution is 2.30. The lowest BCUT2D eigenvalue weighted by atomic mass is 10.2. The Bertz CT molecular complexity index is 1130. The van der Waals surface area contributed by atoms with Gasteiger partial charge in [0.1, 0.15) is 22.7 Å². The van der Waals surface area contributed by atoms with E-state index in [1.807, 2.05) is 0 Å². The van der Waals surface area contributed by atoms with Gasteiger partial charge in [-0.3, -0.25) is 15.1 Å². The van der Waals surface area contributed by atoms with Gasteiger partial charge in [0, 0.05) is 11.6 Å². The van der Waals surface area contributed by atoms with E-state index in [9.17, 15) is 14.0 Å². The predicted octanol–water partition coefficient (Wildman–Crippen LogP) is 5.39. The Kier molecular flexibility index (Phi) is 6.60. The number of anilines is 2. The summed E-state index contributed by atoms with van der Waals surface area (Å²) in [4.78, 5) is 28.7. The van der Waals surface area contributed by atoms with Crippen LogP contribution in [0.1, 0.15) is 20.8 Å². The van der Waals surface area contributed by atoms with E-state index in [0.29, 0.717) is 21.7 Å². The molecule has 0 aliphatic rings. The highest BCUT2D eigenvalue weighted by molar-refractivity contribution is 6.35. The Balaban J connectivity index is 1.70. The summed E-state index contributed by atoms with van der Waals surface area (Å²) in [6.45, 7) is 4.78. The Labute approximate surface area is 183 Å². The highest BCUT2D eigenvalue weighted by atomic mass is 35.5. The lowest BCUT2D eigenvalue weighted by Gasteiger charge is -2.20. The van der Waals surface area contributed by atoms with Gasteiger partial charge in [-0.05, 0) is 63.2 Å². The predicted molar refractivity (Wildman–Crippen MR) is 117 cm³/mol. The topological polar surface area (TPSA) is 89.6 Å². The number of benzene rings is 2. The van der Waals surface area contributed by atoms with Gasteiger partial charge in [-0.2, -0.15) is 0 Å². The average Bonchev–Trinajstić information content (AvgIpc) is 2.68. The lowest BCUT2D eigenvalue weighted by Crippen LogP contribution is -2.28. The largest absolute Gasteiger partial charge is 0.481 e. The number of aromatic nitrogens is 1. The van der Waals surface area contributed by atoms with Crippen LogP contribution in [0.5, 0.6) is 5.75 Å². The normalized spacial score (nSPS) is 11.1. The fraction of sp³-hybridized carbons (Fsp3) is 0.227. The summed E-state index contributed by atoms with van der Waals surface area (Å²) in [6, 6.07) is 10.4.